The van der Waals surface area contributed by atoms with Gasteiger partial charge >= 0.3 is 0 Å². The highest BCUT2D eigenvalue weighted by Crippen LogP contribution is 2.32. The molecular formula is C16H13ClN2OS. The number of rotatable bonds is 4. The molecule has 0 bridgehead atoms. The molecule has 0 atom stereocenters. The van der Waals surface area contributed by atoms with Gasteiger partial charge in [-0.2, -0.15) is 0 Å². The molecule has 0 aliphatic heterocycles. The highest BCUT2D eigenvalue weighted by Gasteiger charge is 2.09. The van der Waals surface area contributed by atoms with E-state index in [2.05, 4.69) is 10.3 Å². The molecule has 0 saturated carbocycles. The topological polar surface area (TPSA) is 34.1 Å². The lowest BCUT2D eigenvalue weighted by Gasteiger charge is -2.05. The maximum Gasteiger partial charge on any atom is 0.187 e. The van der Waals surface area contributed by atoms with Crippen molar-refractivity contribution in [1.82, 2.24) is 4.98 Å². The van der Waals surface area contributed by atoms with E-state index in [0.29, 0.717) is 0 Å². The Bertz CT molecular complexity index is 740. The zero-order chi connectivity index (χ0) is 14.7. The van der Waals surface area contributed by atoms with Crippen LogP contribution in [0.1, 0.15) is 0 Å². The molecule has 1 heterocycles. The van der Waals surface area contributed by atoms with Gasteiger partial charge in [-0.1, -0.05) is 23.7 Å². The van der Waals surface area contributed by atoms with Crippen LogP contribution in [0, 0.1) is 0 Å². The summed E-state index contributed by atoms with van der Waals surface area (Å²) in [5, 5.41) is 6.83. The van der Waals surface area contributed by atoms with Gasteiger partial charge in [-0.25, -0.2) is 4.98 Å². The fraction of sp³-hybridized carbons (Fsp3) is 0.0625. The van der Waals surface area contributed by atoms with Crippen molar-refractivity contribution in [2.45, 2.75) is 0 Å². The van der Waals surface area contributed by atoms with E-state index in [0.717, 1.165) is 32.8 Å². The smallest absolute Gasteiger partial charge is 0.187 e. The molecule has 0 aliphatic carbocycles. The Morgan fingerprint density at radius 3 is 2.62 bits per heavy atom. The molecule has 3 aromatic rings. The standard InChI is InChI=1S/C16H13ClN2OS/c1-20-15-5-3-2-4-13(15)14-10-21-16(19-14)18-12-8-6-11(17)7-9-12/h2-10H,1H3,(H,18,19). The monoisotopic (exact) mass is 316 g/mol. The maximum absolute atomic E-state index is 5.88. The van der Waals surface area contributed by atoms with E-state index in [1.807, 2.05) is 53.9 Å². The fourth-order valence-electron chi connectivity index (χ4n) is 1.97. The summed E-state index contributed by atoms with van der Waals surface area (Å²) < 4.78 is 5.37. The molecule has 0 radical (unpaired) electrons. The van der Waals surface area contributed by atoms with Crippen molar-refractivity contribution in [3.63, 3.8) is 0 Å². The van der Waals surface area contributed by atoms with Crippen LogP contribution in [0.25, 0.3) is 11.3 Å². The van der Waals surface area contributed by atoms with E-state index < -0.39 is 0 Å². The number of nitrogens with zero attached hydrogens (tertiary/aromatic N) is 1. The van der Waals surface area contributed by atoms with Crippen molar-refractivity contribution >= 4 is 33.8 Å². The van der Waals surface area contributed by atoms with Crippen molar-refractivity contribution in [2.75, 3.05) is 12.4 Å². The third kappa shape index (κ3) is 3.17. The fourth-order valence-corrected chi connectivity index (χ4v) is 2.82. The number of ether oxygens (including phenoxy) is 1. The number of nitrogens with one attached hydrogen (secondary N) is 1. The van der Waals surface area contributed by atoms with Crippen molar-refractivity contribution in [3.8, 4) is 17.0 Å². The number of aromatic nitrogens is 1. The second kappa shape index (κ2) is 6.16. The molecule has 1 N–H and O–H groups in total. The zero-order valence-electron chi connectivity index (χ0n) is 11.3. The lowest BCUT2D eigenvalue weighted by atomic mass is 10.1. The second-order valence-electron chi connectivity index (χ2n) is 4.37. The Morgan fingerprint density at radius 2 is 1.86 bits per heavy atom. The van der Waals surface area contributed by atoms with Crippen LogP contribution in [0.15, 0.2) is 53.9 Å². The Labute approximate surface area is 132 Å². The molecule has 0 aliphatic rings. The van der Waals surface area contributed by atoms with Crippen molar-refractivity contribution in [2.24, 2.45) is 0 Å². The van der Waals surface area contributed by atoms with Crippen LogP contribution in [0.3, 0.4) is 0 Å². The van der Waals surface area contributed by atoms with Crippen LogP contribution in [0.2, 0.25) is 5.02 Å². The molecule has 0 fully saturated rings. The first-order valence-corrected chi connectivity index (χ1v) is 7.63. The molecule has 0 unspecified atom stereocenters. The van der Waals surface area contributed by atoms with Gasteiger partial charge in [0, 0.05) is 21.7 Å². The van der Waals surface area contributed by atoms with E-state index in [1.165, 1.54) is 0 Å². The molecule has 1 aromatic heterocycles. The van der Waals surface area contributed by atoms with E-state index in [1.54, 1.807) is 18.4 Å². The number of benzene rings is 2. The van der Waals surface area contributed by atoms with E-state index in [-0.39, 0.29) is 0 Å². The van der Waals surface area contributed by atoms with Crippen LogP contribution >= 0.6 is 22.9 Å². The molecule has 5 heteroatoms. The predicted molar refractivity (Wildman–Crippen MR) is 88.8 cm³/mol. The number of anilines is 2. The molecule has 0 amide bonds. The van der Waals surface area contributed by atoms with Crippen LogP contribution < -0.4 is 10.1 Å². The van der Waals surface area contributed by atoms with Gasteiger partial charge in [-0.3, -0.25) is 0 Å². The van der Waals surface area contributed by atoms with Gasteiger partial charge in [0.2, 0.25) is 0 Å². The molecule has 2 aromatic carbocycles. The van der Waals surface area contributed by atoms with Gasteiger partial charge in [0.15, 0.2) is 5.13 Å². The summed E-state index contributed by atoms with van der Waals surface area (Å²) >= 11 is 7.43. The number of methoxy groups -OCH3 is 1. The summed E-state index contributed by atoms with van der Waals surface area (Å²) in [5.74, 6) is 0.820. The van der Waals surface area contributed by atoms with Crippen LogP contribution in [0.4, 0.5) is 10.8 Å². The summed E-state index contributed by atoms with van der Waals surface area (Å²) in [5.41, 5.74) is 2.84. The van der Waals surface area contributed by atoms with Crippen LogP contribution in [0.5, 0.6) is 5.75 Å². The summed E-state index contributed by atoms with van der Waals surface area (Å²) in [6, 6.07) is 15.4. The van der Waals surface area contributed by atoms with E-state index in [9.17, 15) is 0 Å². The second-order valence-corrected chi connectivity index (χ2v) is 5.66. The van der Waals surface area contributed by atoms with Crippen molar-refractivity contribution in [3.05, 3.63) is 58.9 Å². The summed E-state index contributed by atoms with van der Waals surface area (Å²) in [7, 11) is 1.66. The molecule has 3 rings (SSSR count). The van der Waals surface area contributed by atoms with Gasteiger partial charge in [0.05, 0.1) is 12.8 Å². The Hall–Kier alpha value is -2.04. The Morgan fingerprint density at radius 1 is 1.10 bits per heavy atom. The van der Waals surface area contributed by atoms with Gasteiger partial charge < -0.3 is 10.1 Å². The number of hydrogen-bond donors (Lipinski definition) is 1. The first-order chi connectivity index (χ1) is 10.3. The molecular weight excluding hydrogens is 304 g/mol. The lowest BCUT2D eigenvalue weighted by Crippen LogP contribution is -1.90. The average molecular weight is 317 g/mol. The average Bonchev–Trinajstić information content (AvgIpc) is 2.98. The highest BCUT2D eigenvalue weighted by molar-refractivity contribution is 7.14. The Balaban J connectivity index is 1.84. The van der Waals surface area contributed by atoms with Crippen molar-refractivity contribution in [1.29, 1.82) is 0 Å². The van der Waals surface area contributed by atoms with E-state index >= 15 is 0 Å². The number of thiazole rings is 1. The quantitative estimate of drug-likeness (QED) is 0.717. The largest absolute Gasteiger partial charge is 0.496 e. The van der Waals surface area contributed by atoms with Crippen LogP contribution in [-0.2, 0) is 0 Å². The normalized spacial score (nSPS) is 10.4. The van der Waals surface area contributed by atoms with Gasteiger partial charge in [-0.05, 0) is 36.4 Å². The molecule has 0 saturated heterocycles. The molecule has 106 valence electrons. The number of hydrogen-bond acceptors (Lipinski definition) is 4. The van der Waals surface area contributed by atoms with E-state index in [4.69, 9.17) is 16.3 Å². The van der Waals surface area contributed by atoms with Crippen LogP contribution in [-0.4, -0.2) is 12.1 Å². The summed E-state index contributed by atoms with van der Waals surface area (Å²) in [6.45, 7) is 0. The van der Waals surface area contributed by atoms with Gasteiger partial charge in [-0.15, -0.1) is 11.3 Å². The first kappa shape index (κ1) is 13.9. The number of halogens is 1. The van der Waals surface area contributed by atoms with Crippen molar-refractivity contribution < 1.29 is 4.74 Å². The zero-order valence-corrected chi connectivity index (χ0v) is 12.9. The highest BCUT2D eigenvalue weighted by atomic mass is 35.5. The SMILES string of the molecule is COc1ccccc1-c1csc(Nc2ccc(Cl)cc2)n1. The van der Waals surface area contributed by atoms with Gasteiger partial charge in [0.1, 0.15) is 5.75 Å². The minimum Gasteiger partial charge on any atom is -0.496 e. The summed E-state index contributed by atoms with van der Waals surface area (Å²) in [4.78, 5) is 4.60. The summed E-state index contributed by atoms with van der Waals surface area (Å²) in [6.07, 6.45) is 0. The number of para-hydroxylation sites is 1. The first-order valence-electron chi connectivity index (χ1n) is 6.38. The minimum atomic E-state index is 0.717. The third-order valence-corrected chi connectivity index (χ3v) is 3.99. The lowest BCUT2D eigenvalue weighted by molar-refractivity contribution is 0.416. The molecule has 21 heavy (non-hydrogen) atoms. The third-order valence-electron chi connectivity index (χ3n) is 2.98. The minimum absolute atomic E-state index is 0.717. The Kier molecular flexibility index (Phi) is 4.08. The molecule has 3 nitrogen and oxygen atoms in total. The molecule has 0 spiro atoms. The predicted octanol–water partition coefficient (Wildman–Crippen LogP) is 5.22. The van der Waals surface area contributed by atoms with Gasteiger partial charge in [0.25, 0.3) is 0 Å². The maximum atomic E-state index is 5.88.